The van der Waals surface area contributed by atoms with Gasteiger partial charge < -0.3 is 9.64 Å². The number of rotatable bonds is 3. The molecular weight excluding hydrogens is 326 g/mol. The molecule has 1 atom stereocenters. The summed E-state index contributed by atoms with van der Waals surface area (Å²) in [6, 6.07) is 8.42. The summed E-state index contributed by atoms with van der Waals surface area (Å²) in [7, 11) is 0. The lowest BCUT2D eigenvalue weighted by atomic mass is 9.90. The summed E-state index contributed by atoms with van der Waals surface area (Å²) >= 11 is 0. The number of aryl methyl sites for hydroxylation is 3. The molecule has 0 spiro atoms. The van der Waals surface area contributed by atoms with Crippen molar-refractivity contribution < 1.29 is 9.53 Å². The standard InChI is InChI=1S/C21H25N3O2/c1-15-8-9-22-21(23-15)19-14-24(10-11-26-19)20(25)13-16-6-7-17-4-2-3-5-18(17)12-16/h6-9,12,19H,2-5,10-11,13-14H2,1H3. The zero-order valence-electron chi connectivity index (χ0n) is 15.3. The number of fused-ring (bicyclic) bond motifs is 1. The van der Waals surface area contributed by atoms with Crippen molar-refractivity contribution in [2.24, 2.45) is 0 Å². The third-order valence-corrected chi connectivity index (χ3v) is 5.29. The van der Waals surface area contributed by atoms with Gasteiger partial charge in [0, 0.05) is 18.4 Å². The first-order chi connectivity index (χ1) is 12.7. The third-order valence-electron chi connectivity index (χ3n) is 5.29. The second-order valence-electron chi connectivity index (χ2n) is 7.24. The molecule has 1 fully saturated rings. The Balaban J connectivity index is 1.43. The molecule has 4 rings (SSSR count). The fourth-order valence-electron chi connectivity index (χ4n) is 3.84. The summed E-state index contributed by atoms with van der Waals surface area (Å²) in [6.07, 6.45) is 6.81. The van der Waals surface area contributed by atoms with Crippen molar-refractivity contribution in [3.05, 3.63) is 58.7 Å². The van der Waals surface area contributed by atoms with Crippen LogP contribution >= 0.6 is 0 Å². The highest BCUT2D eigenvalue weighted by molar-refractivity contribution is 5.79. The molecule has 0 bridgehead atoms. The smallest absolute Gasteiger partial charge is 0.227 e. The van der Waals surface area contributed by atoms with Crippen molar-refractivity contribution in [2.45, 2.75) is 45.1 Å². The van der Waals surface area contributed by atoms with E-state index < -0.39 is 0 Å². The van der Waals surface area contributed by atoms with Crippen LogP contribution < -0.4 is 0 Å². The van der Waals surface area contributed by atoms with Crippen molar-refractivity contribution in [1.82, 2.24) is 14.9 Å². The number of morpholine rings is 1. The van der Waals surface area contributed by atoms with Crippen molar-refractivity contribution in [3.8, 4) is 0 Å². The minimum Gasteiger partial charge on any atom is -0.367 e. The topological polar surface area (TPSA) is 55.3 Å². The monoisotopic (exact) mass is 351 g/mol. The van der Waals surface area contributed by atoms with Crippen molar-refractivity contribution >= 4 is 5.91 Å². The van der Waals surface area contributed by atoms with E-state index in [1.165, 1.54) is 30.4 Å². The molecule has 1 aromatic heterocycles. The summed E-state index contributed by atoms with van der Waals surface area (Å²) in [5, 5.41) is 0. The van der Waals surface area contributed by atoms with Gasteiger partial charge in [-0.25, -0.2) is 9.97 Å². The van der Waals surface area contributed by atoms with Gasteiger partial charge in [0.05, 0.1) is 19.6 Å². The van der Waals surface area contributed by atoms with Crippen LogP contribution in [-0.2, 0) is 28.8 Å². The maximum atomic E-state index is 12.8. The van der Waals surface area contributed by atoms with Gasteiger partial charge in [-0.2, -0.15) is 0 Å². The van der Waals surface area contributed by atoms with Gasteiger partial charge in [0.15, 0.2) is 5.82 Å². The van der Waals surface area contributed by atoms with Gasteiger partial charge >= 0.3 is 0 Å². The summed E-state index contributed by atoms with van der Waals surface area (Å²) in [5.41, 5.74) is 4.91. The van der Waals surface area contributed by atoms with E-state index >= 15 is 0 Å². The molecule has 0 radical (unpaired) electrons. The molecule has 5 nitrogen and oxygen atoms in total. The van der Waals surface area contributed by atoms with Crippen molar-refractivity contribution in [2.75, 3.05) is 19.7 Å². The minimum atomic E-state index is -0.240. The number of carbonyl (C=O) groups excluding carboxylic acids is 1. The van der Waals surface area contributed by atoms with Gasteiger partial charge in [-0.05, 0) is 55.4 Å². The highest BCUT2D eigenvalue weighted by Crippen LogP contribution is 2.24. The Morgan fingerprint density at radius 1 is 1.23 bits per heavy atom. The van der Waals surface area contributed by atoms with Crippen LogP contribution in [0.3, 0.4) is 0 Å². The Bertz CT molecular complexity index is 806. The lowest BCUT2D eigenvalue weighted by Gasteiger charge is -2.32. The second kappa shape index (κ2) is 7.54. The average molecular weight is 351 g/mol. The molecule has 2 heterocycles. The molecule has 136 valence electrons. The van der Waals surface area contributed by atoms with Gasteiger partial charge in [-0.3, -0.25) is 4.79 Å². The normalized spacial score (nSPS) is 19.9. The largest absolute Gasteiger partial charge is 0.367 e. The summed E-state index contributed by atoms with van der Waals surface area (Å²) in [6.45, 7) is 3.62. The molecule has 2 aromatic rings. The van der Waals surface area contributed by atoms with E-state index in [-0.39, 0.29) is 12.0 Å². The lowest BCUT2D eigenvalue weighted by Crippen LogP contribution is -2.43. The molecular formula is C21H25N3O2. The van der Waals surface area contributed by atoms with E-state index in [0.29, 0.717) is 31.9 Å². The van der Waals surface area contributed by atoms with E-state index in [9.17, 15) is 4.79 Å². The Kier molecular flexibility index (Phi) is 4.98. The Morgan fingerprint density at radius 3 is 2.92 bits per heavy atom. The number of hydrogen-bond acceptors (Lipinski definition) is 4. The molecule has 1 amide bonds. The first kappa shape index (κ1) is 17.2. The molecule has 5 heteroatoms. The highest BCUT2D eigenvalue weighted by Gasteiger charge is 2.27. The van der Waals surface area contributed by atoms with E-state index in [2.05, 4.69) is 28.2 Å². The van der Waals surface area contributed by atoms with Gasteiger partial charge in [-0.1, -0.05) is 18.2 Å². The quantitative estimate of drug-likeness (QED) is 0.853. The number of carbonyl (C=O) groups is 1. The average Bonchev–Trinajstić information content (AvgIpc) is 2.68. The molecule has 1 unspecified atom stereocenters. The van der Waals surface area contributed by atoms with E-state index in [1.807, 2.05) is 17.9 Å². The Hall–Kier alpha value is -2.27. The van der Waals surface area contributed by atoms with Crippen LogP contribution in [0.1, 0.15) is 47.2 Å². The van der Waals surface area contributed by atoms with Gasteiger partial charge in [-0.15, -0.1) is 0 Å². The minimum absolute atomic E-state index is 0.154. The second-order valence-corrected chi connectivity index (χ2v) is 7.24. The summed E-state index contributed by atoms with van der Waals surface area (Å²) in [5.74, 6) is 0.818. The van der Waals surface area contributed by atoms with Crippen LogP contribution in [0.2, 0.25) is 0 Å². The molecule has 1 aromatic carbocycles. The molecule has 0 saturated carbocycles. The van der Waals surface area contributed by atoms with Crippen molar-refractivity contribution in [1.29, 1.82) is 0 Å². The van der Waals surface area contributed by atoms with Crippen LogP contribution in [0.5, 0.6) is 0 Å². The Labute approximate surface area is 154 Å². The molecule has 1 aliphatic heterocycles. The Morgan fingerprint density at radius 2 is 2.08 bits per heavy atom. The van der Waals surface area contributed by atoms with Crippen LogP contribution in [0.25, 0.3) is 0 Å². The molecule has 0 N–H and O–H groups in total. The molecule has 2 aliphatic rings. The SMILES string of the molecule is Cc1ccnc(C2CN(C(=O)Cc3ccc4c(c3)CCCC4)CCO2)n1. The van der Waals surface area contributed by atoms with Gasteiger partial charge in [0.25, 0.3) is 0 Å². The first-order valence-electron chi connectivity index (χ1n) is 9.48. The predicted octanol–water partition coefficient (Wildman–Crippen LogP) is 2.81. The van der Waals surface area contributed by atoms with Gasteiger partial charge in [0.2, 0.25) is 5.91 Å². The number of hydrogen-bond donors (Lipinski definition) is 0. The van der Waals surface area contributed by atoms with Crippen LogP contribution in [0.15, 0.2) is 30.5 Å². The number of nitrogens with zero attached hydrogens (tertiary/aromatic N) is 3. The summed E-state index contributed by atoms with van der Waals surface area (Å²) < 4.78 is 5.81. The van der Waals surface area contributed by atoms with Crippen LogP contribution in [0.4, 0.5) is 0 Å². The van der Waals surface area contributed by atoms with Gasteiger partial charge in [0.1, 0.15) is 6.10 Å². The fraction of sp³-hybridized carbons (Fsp3) is 0.476. The number of amides is 1. The molecule has 26 heavy (non-hydrogen) atoms. The number of benzene rings is 1. The third kappa shape index (κ3) is 3.78. The zero-order chi connectivity index (χ0) is 17.9. The fourth-order valence-corrected chi connectivity index (χ4v) is 3.84. The summed E-state index contributed by atoms with van der Waals surface area (Å²) in [4.78, 5) is 23.5. The maximum Gasteiger partial charge on any atom is 0.227 e. The number of ether oxygens (including phenoxy) is 1. The maximum absolute atomic E-state index is 12.8. The zero-order valence-corrected chi connectivity index (χ0v) is 15.3. The van der Waals surface area contributed by atoms with E-state index in [4.69, 9.17) is 4.74 Å². The number of aromatic nitrogens is 2. The van der Waals surface area contributed by atoms with Crippen LogP contribution in [-0.4, -0.2) is 40.5 Å². The van der Waals surface area contributed by atoms with E-state index in [1.54, 1.807) is 6.20 Å². The molecule has 1 aliphatic carbocycles. The lowest BCUT2D eigenvalue weighted by molar-refractivity contribution is -0.138. The predicted molar refractivity (Wildman–Crippen MR) is 98.8 cm³/mol. The van der Waals surface area contributed by atoms with Crippen LogP contribution in [0, 0.1) is 6.92 Å². The van der Waals surface area contributed by atoms with Crippen molar-refractivity contribution in [3.63, 3.8) is 0 Å². The highest BCUT2D eigenvalue weighted by atomic mass is 16.5. The van der Waals surface area contributed by atoms with E-state index in [0.717, 1.165) is 17.7 Å². The first-order valence-corrected chi connectivity index (χ1v) is 9.48. The molecule has 1 saturated heterocycles.